The van der Waals surface area contributed by atoms with Gasteiger partial charge in [-0.15, -0.1) is 0 Å². The first-order valence-corrected chi connectivity index (χ1v) is 12.7. The summed E-state index contributed by atoms with van der Waals surface area (Å²) in [7, 11) is -2.18. The highest BCUT2D eigenvalue weighted by Gasteiger charge is 2.24. The molecule has 178 valence electrons. The largest absolute Gasteiger partial charge is 0.492 e. The van der Waals surface area contributed by atoms with Crippen LogP contribution in [0.1, 0.15) is 10.4 Å². The molecule has 8 heteroatoms. The minimum absolute atomic E-state index is 0.0828. The Morgan fingerprint density at radius 3 is 2.06 bits per heavy atom. The van der Waals surface area contributed by atoms with E-state index in [4.69, 9.17) is 4.74 Å². The molecule has 1 heterocycles. The van der Waals surface area contributed by atoms with Crippen molar-refractivity contribution in [1.29, 1.82) is 0 Å². The van der Waals surface area contributed by atoms with Gasteiger partial charge in [0.05, 0.1) is 10.6 Å². The molecule has 1 fully saturated rings. The van der Waals surface area contributed by atoms with Crippen molar-refractivity contribution in [3.63, 3.8) is 0 Å². The molecule has 0 bridgehead atoms. The molecule has 34 heavy (non-hydrogen) atoms. The summed E-state index contributed by atoms with van der Waals surface area (Å²) in [6, 6.07) is 24.8. The quantitative estimate of drug-likeness (QED) is 0.496. The summed E-state index contributed by atoms with van der Waals surface area (Å²) in [5.74, 6) is 0.775. The van der Waals surface area contributed by atoms with Gasteiger partial charge in [0.25, 0.3) is 15.9 Å². The van der Waals surface area contributed by atoms with Gasteiger partial charge in [-0.05, 0) is 48.5 Å². The zero-order valence-corrected chi connectivity index (χ0v) is 20.0. The first kappa shape index (κ1) is 23.8. The Balaban J connectivity index is 1.30. The molecule has 0 saturated carbocycles. The Kier molecular flexibility index (Phi) is 7.49. The van der Waals surface area contributed by atoms with Gasteiger partial charge >= 0.3 is 0 Å². The predicted octanol–water partition coefficient (Wildman–Crippen LogP) is 3.35. The Hall–Kier alpha value is -3.36. The number of hydrogen-bond donors (Lipinski definition) is 0. The lowest BCUT2D eigenvalue weighted by molar-refractivity contribution is 0.0620. The number of carbonyl (C=O) groups excluding carboxylic acids is 1. The topological polar surface area (TPSA) is 70.2 Å². The van der Waals surface area contributed by atoms with E-state index in [-0.39, 0.29) is 10.8 Å². The molecule has 1 amide bonds. The van der Waals surface area contributed by atoms with Crippen LogP contribution in [0.25, 0.3) is 0 Å². The van der Waals surface area contributed by atoms with Crippen LogP contribution in [0.3, 0.4) is 0 Å². The van der Waals surface area contributed by atoms with Crippen LogP contribution >= 0.6 is 0 Å². The van der Waals surface area contributed by atoms with Crippen molar-refractivity contribution in [2.24, 2.45) is 0 Å². The average molecular weight is 480 g/mol. The number of nitrogens with zero attached hydrogens (tertiary/aromatic N) is 3. The van der Waals surface area contributed by atoms with Crippen LogP contribution in [0.2, 0.25) is 0 Å². The van der Waals surface area contributed by atoms with Crippen molar-refractivity contribution >= 4 is 21.6 Å². The van der Waals surface area contributed by atoms with E-state index in [9.17, 15) is 13.2 Å². The van der Waals surface area contributed by atoms with E-state index in [1.165, 1.54) is 23.5 Å². The molecule has 1 aliphatic heterocycles. The van der Waals surface area contributed by atoms with E-state index >= 15 is 0 Å². The van der Waals surface area contributed by atoms with Gasteiger partial charge in [0.15, 0.2) is 0 Å². The molecule has 3 aromatic carbocycles. The number of ether oxygens (including phenoxy) is 1. The summed E-state index contributed by atoms with van der Waals surface area (Å²) in [6.45, 7) is 4.21. The van der Waals surface area contributed by atoms with Gasteiger partial charge in [-0.2, -0.15) is 0 Å². The summed E-state index contributed by atoms with van der Waals surface area (Å²) in [5.41, 5.74) is 1.07. The summed E-state index contributed by atoms with van der Waals surface area (Å²) in [5, 5.41) is 0. The van der Waals surface area contributed by atoms with Crippen LogP contribution in [-0.2, 0) is 10.0 Å². The monoisotopic (exact) mass is 479 g/mol. The highest BCUT2D eigenvalue weighted by atomic mass is 32.2. The molecular weight excluding hydrogens is 450 g/mol. The highest BCUT2D eigenvalue weighted by molar-refractivity contribution is 7.92. The number of piperazine rings is 1. The van der Waals surface area contributed by atoms with Crippen LogP contribution in [0.5, 0.6) is 5.75 Å². The van der Waals surface area contributed by atoms with Crippen LogP contribution in [0, 0.1) is 0 Å². The van der Waals surface area contributed by atoms with Crippen molar-refractivity contribution in [3.05, 3.63) is 90.5 Å². The van der Waals surface area contributed by atoms with Crippen molar-refractivity contribution < 1.29 is 17.9 Å². The number of amides is 1. The average Bonchev–Trinajstić information content (AvgIpc) is 2.89. The van der Waals surface area contributed by atoms with Crippen molar-refractivity contribution in [3.8, 4) is 5.75 Å². The maximum atomic E-state index is 12.9. The van der Waals surface area contributed by atoms with Crippen molar-refractivity contribution in [1.82, 2.24) is 9.80 Å². The van der Waals surface area contributed by atoms with Crippen LogP contribution in [0.4, 0.5) is 5.69 Å². The van der Waals surface area contributed by atoms with E-state index in [1.54, 1.807) is 36.4 Å². The van der Waals surface area contributed by atoms with E-state index in [0.717, 1.165) is 25.4 Å². The molecule has 0 spiro atoms. The zero-order valence-electron chi connectivity index (χ0n) is 19.2. The fourth-order valence-electron chi connectivity index (χ4n) is 3.87. The number of rotatable bonds is 8. The summed E-state index contributed by atoms with van der Waals surface area (Å²) < 4.78 is 32.9. The van der Waals surface area contributed by atoms with E-state index in [0.29, 0.717) is 30.9 Å². The second kappa shape index (κ2) is 10.7. The van der Waals surface area contributed by atoms with E-state index in [2.05, 4.69) is 4.90 Å². The van der Waals surface area contributed by atoms with Gasteiger partial charge in [0.2, 0.25) is 0 Å². The van der Waals surface area contributed by atoms with Crippen molar-refractivity contribution in [2.75, 3.05) is 50.7 Å². The maximum absolute atomic E-state index is 12.9. The first-order chi connectivity index (χ1) is 16.4. The van der Waals surface area contributed by atoms with Gasteiger partial charge in [0, 0.05) is 45.3 Å². The molecule has 7 nitrogen and oxygen atoms in total. The lowest BCUT2D eigenvalue weighted by Gasteiger charge is -2.34. The molecular formula is C26H29N3O4S. The summed E-state index contributed by atoms with van der Waals surface area (Å²) in [4.78, 5) is 17.2. The predicted molar refractivity (Wildman–Crippen MR) is 133 cm³/mol. The number of sulfonamides is 1. The second-order valence-electron chi connectivity index (χ2n) is 8.13. The minimum Gasteiger partial charge on any atom is -0.492 e. The van der Waals surface area contributed by atoms with Gasteiger partial charge < -0.3 is 9.64 Å². The SMILES string of the molecule is CN(c1ccccc1)S(=O)(=O)c1ccc(C(=O)N2CCN(CCOc3ccccc3)CC2)cc1. The molecule has 4 rings (SSSR count). The molecule has 0 N–H and O–H groups in total. The zero-order chi connectivity index (χ0) is 24.0. The fourth-order valence-corrected chi connectivity index (χ4v) is 5.07. The Morgan fingerprint density at radius 2 is 1.44 bits per heavy atom. The Bertz CT molecular complexity index is 1180. The summed E-state index contributed by atoms with van der Waals surface area (Å²) >= 11 is 0. The molecule has 3 aromatic rings. The van der Waals surface area contributed by atoms with E-state index in [1.807, 2.05) is 41.3 Å². The lowest BCUT2D eigenvalue weighted by Crippen LogP contribution is -2.49. The fraction of sp³-hybridized carbons (Fsp3) is 0.269. The molecule has 0 radical (unpaired) electrons. The number of hydrogen-bond acceptors (Lipinski definition) is 5. The van der Waals surface area contributed by atoms with Crippen LogP contribution in [-0.4, -0.2) is 70.5 Å². The van der Waals surface area contributed by atoms with E-state index < -0.39 is 10.0 Å². The normalized spacial score (nSPS) is 14.6. The standard InChI is InChI=1S/C26H29N3O4S/c1-27(23-8-4-2-5-9-23)34(31,32)25-14-12-22(13-15-25)26(30)29-18-16-28(17-19-29)20-21-33-24-10-6-3-7-11-24/h2-15H,16-21H2,1H3. The molecule has 0 aromatic heterocycles. The van der Waals surface area contributed by atoms with Gasteiger partial charge in [-0.25, -0.2) is 8.42 Å². The second-order valence-corrected chi connectivity index (χ2v) is 10.1. The lowest BCUT2D eigenvalue weighted by atomic mass is 10.2. The molecule has 0 unspecified atom stereocenters. The van der Waals surface area contributed by atoms with Crippen LogP contribution in [0.15, 0.2) is 89.8 Å². The molecule has 0 aliphatic carbocycles. The molecule has 0 atom stereocenters. The highest BCUT2D eigenvalue weighted by Crippen LogP contribution is 2.22. The third-order valence-corrected chi connectivity index (χ3v) is 7.76. The van der Waals surface area contributed by atoms with Crippen molar-refractivity contribution in [2.45, 2.75) is 4.90 Å². The number of carbonyl (C=O) groups is 1. The number of benzene rings is 3. The first-order valence-electron chi connectivity index (χ1n) is 11.3. The maximum Gasteiger partial charge on any atom is 0.264 e. The van der Waals surface area contributed by atoms with Gasteiger partial charge in [-0.1, -0.05) is 36.4 Å². The smallest absolute Gasteiger partial charge is 0.264 e. The number of anilines is 1. The summed E-state index contributed by atoms with van der Waals surface area (Å²) in [6.07, 6.45) is 0. The van der Waals surface area contributed by atoms with Gasteiger partial charge in [-0.3, -0.25) is 14.0 Å². The number of para-hydroxylation sites is 2. The molecule has 1 saturated heterocycles. The molecule has 1 aliphatic rings. The minimum atomic E-state index is -3.71. The van der Waals surface area contributed by atoms with Gasteiger partial charge in [0.1, 0.15) is 12.4 Å². The third kappa shape index (κ3) is 5.58. The van der Waals surface area contributed by atoms with Crippen LogP contribution < -0.4 is 9.04 Å². The Morgan fingerprint density at radius 1 is 0.853 bits per heavy atom. The third-order valence-electron chi connectivity index (χ3n) is 5.96. The Labute approximate surface area is 201 Å².